The molecular weight excluding hydrogens is 248 g/mol. The Bertz CT molecular complexity index is 325. The lowest BCUT2D eigenvalue weighted by Gasteiger charge is -1.99. The highest BCUT2D eigenvalue weighted by Crippen LogP contribution is 2.04. The zero-order valence-electron chi connectivity index (χ0n) is 11.1. The van der Waals surface area contributed by atoms with Crippen molar-refractivity contribution in [2.75, 3.05) is 0 Å². The highest BCUT2D eigenvalue weighted by molar-refractivity contribution is 5.78. The summed E-state index contributed by atoms with van der Waals surface area (Å²) in [5, 5.41) is 11.4. The molecule has 1 heterocycles. The van der Waals surface area contributed by atoms with Gasteiger partial charge in [-0.2, -0.15) is 0 Å². The van der Waals surface area contributed by atoms with Gasteiger partial charge in [0.05, 0.1) is 6.21 Å². The fourth-order valence-electron chi connectivity index (χ4n) is 1.85. The number of hydrogen-bond donors (Lipinski definition) is 1. The predicted molar refractivity (Wildman–Crippen MR) is 69.4 cm³/mol. The summed E-state index contributed by atoms with van der Waals surface area (Å²) >= 11 is 0. The molecule has 0 aliphatic heterocycles. The lowest BCUT2D eigenvalue weighted by molar-refractivity contribution is -0.697. The molecule has 0 aliphatic carbocycles. The number of aryl methyl sites for hydroxylation is 1. The highest BCUT2D eigenvalue weighted by atomic mass is 35.5. The molecule has 0 aliphatic rings. The van der Waals surface area contributed by atoms with Gasteiger partial charge in [-0.3, -0.25) is 0 Å². The molecule has 1 aromatic rings. The van der Waals surface area contributed by atoms with Gasteiger partial charge in [-0.15, -0.1) is 0 Å². The Morgan fingerprint density at radius 2 is 1.72 bits per heavy atom. The third kappa shape index (κ3) is 7.28. The molecule has 18 heavy (non-hydrogen) atoms. The Hall–Kier alpha value is -1.09. The molecule has 0 unspecified atom stereocenters. The summed E-state index contributed by atoms with van der Waals surface area (Å²) in [6.45, 7) is 3.32. The number of pyridine rings is 1. The molecule has 4 heteroatoms. The SMILES string of the molecule is CCCCCCCC[n+]1ccc(/C=N/O)cc1.[Cl-]. The molecule has 102 valence electrons. The Balaban J connectivity index is 0.00000289. The van der Waals surface area contributed by atoms with Crippen molar-refractivity contribution in [3.05, 3.63) is 30.1 Å². The molecule has 1 aromatic heterocycles. The minimum absolute atomic E-state index is 0. The van der Waals surface area contributed by atoms with E-state index in [1.54, 1.807) is 0 Å². The lowest BCUT2D eigenvalue weighted by atomic mass is 10.1. The molecule has 0 fully saturated rings. The maximum atomic E-state index is 8.40. The minimum atomic E-state index is 0. The lowest BCUT2D eigenvalue weighted by Crippen LogP contribution is -3.00. The van der Waals surface area contributed by atoms with E-state index in [1.807, 2.05) is 24.5 Å². The minimum Gasteiger partial charge on any atom is -1.00 e. The summed E-state index contributed by atoms with van der Waals surface area (Å²) in [6.07, 6.45) is 13.4. The second kappa shape index (κ2) is 11.0. The van der Waals surface area contributed by atoms with Crippen LogP contribution in [0.2, 0.25) is 0 Å². The largest absolute Gasteiger partial charge is 1.00 e. The molecule has 3 nitrogen and oxygen atoms in total. The topological polar surface area (TPSA) is 36.5 Å². The van der Waals surface area contributed by atoms with Crippen LogP contribution in [0, 0.1) is 0 Å². The Kier molecular flexibility index (Phi) is 10.4. The first-order valence-corrected chi connectivity index (χ1v) is 6.53. The fourth-order valence-corrected chi connectivity index (χ4v) is 1.85. The van der Waals surface area contributed by atoms with E-state index in [-0.39, 0.29) is 12.4 Å². The van der Waals surface area contributed by atoms with E-state index in [0.717, 1.165) is 12.1 Å². The fraction of sp³-hybridized carbons (Fsp3) is 0.571. The van der Waals surface area contributed by atoms with Crippen LogP contribution in [-0.2, 0) is 6.54 Å². The van der Waals surface area contributed by atoms with Crippen LogP contribution in [0.3, 0.4) is 0 Å². The molecular formula is C14H23ClN2O. The number of rotatable bonds is 8. The maximum Gasteiger partial charge on any atom is 0.169 e. The van der Waals surface area contributed by atoms with E-state index in [9.17, 15) is 0 Å². The van der Waals surface area contributed by atoms with Gasteiger partial charge in [0.2, 0.25) is 0 Å². The van der Waals surface area contributed by atoms with Crippen LogP contribution in [0.15, 0.2) is 29.7 Å². The van der Waals surface area contributed by atoms with Gasteiger partial charge in [0.25, 0.3) is 0 Å². The number of nitrogens with zero attached hydrogens (tertiary/aromatic N) is 2. The molecule has 1 rings (SSSR count). The van der Waals surface area contributed by atoms with E-state index >= 15 is 0 Å². The normalized spacial score (nSPS) is 10.5. The van der Waals surface area contributed by atoms with Crippen molar-refractivity contribution in [3.63, 3.8) is 0 Å². The van der Waals surface area contributed by atoms with Crippen LogP contribution >= 0.6 is 0 Å². The zero-order valence-corrected chi connectivity index (χ0v) is 11.8. The molecule has 0 radical (unpaired) electrons. The second-order valence-corrected chi connectivity index (χ2v) is 4.38. The first-order chi connectivity index (χ1) is 8.36. The first kappa shape index (κ1) is 16.9. The smallest absolute Gasteiger partial charge is 0.169 e. The van der Waals surface area contributed by atoms with Gasteiger partial charge in [0, 0.05) is 24.1 Å². The van der Waals surface area contributed by atoms with Gasteiger partial charge >= 0.3 is 0 Å². The van der Waals surface area contributed by atoms with Crippen molar-refractivity contribution in [1.29, 1.82) is 0 Å². The molecule has 0 atom stereocenters. The highest BCUT2D eigenvalue weighted by Gasteiger charge is 1.99. The number of hydrogen-bond acceptors (Lipinski definition) is 2. The Morgan fingerprint density at radius 1 is 1.11 bits per heavy atom. The van der Waals surface area contributed by atoms with E-state index in [1.165, 1.54) is 44.7 Å². The third-order valence-electron chi connectivity index (χ3n) is 2.89. The van der Waals surface area contributed by atoms with Gasteiger partial charge in [0.15, 0.2) is 12.4 Å². The second-order valence-electron chi connectivity index (χ2n) is 4.38. The summed E-state index contributed by atoms with van der Waals surface area (Å²) in [5.41, 5.74) is 0.923. The van der Waals surface area contributed by atoms with Crippen LogP contribution < -0.4 is 17.0 Å². The quantitative estimate of drug-likeness (QED) is 0.236. The van der Waals surface area contributed by atoms with E-state index in [0.29, 0.717) is 0 Å². The molecule has 1 N–H and O–H groups in total. The summed E-state index contributed by atoms with van der Waals surface area (Å²) in [5.74, 6) is 0. The zero-order chi connectivity index (χ0) is 12.3. The third-order valence-corrected chi connectivity index (χ3v) is 2.89. The van der Waals surface area contributed by atoms with Crippen molar-refractivity contribution in [2.24, 2.45) is 5.16 Å². The van der Waals surface area contributed by atoms with Gasteiger partial charge in [-0.05, 0) is 6.42 Å². The van der Waals surface area contributed by atoms with Crippen LogP contribution in [-0.4, -0.2) is 11.4 Å². The van der Waals surface area contributed by atoms with Crippen molar-refractivity contribution in [3.8, 4) is 0 Å². The van der Waals surface area contributed by atoms with Crippen molar-refractivity contribution < 1.29 is 22.2 Å². The molecule has 0 spiro atoms. The number of halogens is 1. The van der Waals surface area contributed by atoms with Crippen LogP contribution in [0.5, 0.6) is 0 Å². The standard InChI is InChI=1S/C14H22N2O.ClH/c1-2-3-4-5-6-7-10-16-11-8-14(9-12-16)13-15-17;/h8-9,11-13H,2-7,10H2,1H3;1H. The van der Waals surface area contributed by atoms with Crippen molar-refractivity contribution >= 4 is 6.21 Å². The van der Waals surface area contributed by atoms with Crippen molar-refractivity contribution in [1.82, 2.24) is 0 Å². The van der Waals surface area contributed by atoms with Crippen LogP contribution in [0.1, 0.15) is 51.0 Å². The summed E-state index contributed by atoms with van der Waals surface area (Å²) in [4.78, 5) is 0. The first-order valence-electron chi connectivity index (χ1n) is 6.53. The molecule has 0 bridgehead atoms. The number of unbranched alkanes of at least 4 members (excludes halogenated alkanes) is 5. The van der Waals surface area contributed by atoms with E-state index < -0.39 is 0 Å². The van der Waals surface area contributed by atoms with Gasteiger partial charge < -0.3 is 17.6 Å². The van der Waals surface area contributed by atoms with Gasteiger partial charge in [-0.25, -0.2) is 4.57 Å². The average Bonchev–Trinajstić information content (AvgIpc) is 2.36. The maximum absolute atomic E-state index is 8.40. The number of oxime groups is 1. The Labute approximate surface area is 116 Å². The van der Waals surface area contributed by atoms with E-state index in [2.05, 4.69) is 16.6 Å². The molecule has 0 aromatic carbocycles. The summed E-state index contributed by atoms with van der Waals surface area (Å²) in [6, 6.07) is 3.91. The van der Waals surface area contributed by atoms with Gasteiger partial charge in [0.1, 0.15) is 6.54 Å². The van der Waals surface area contributed by atoms with E-state index in [4.69, 9.17) is 5.21 Å². The Morgan fingerprint density at radius 3 is 2.33 bits per heavy atom. The summed E-state index contributed by atoms with van der Waals surface area (Å²) < 4.78 is 2.18. The number of aromatic nitrogens is 1. The molecule has 0 saturated carbocycles. The average molecular weight is 271 g/mol. The summed E-state index contributed by atoms with van der Waals surface area (Å²) in [7, 11) is 0. The monoisotopic (exact) mass is 270 g/mol. The predicted octanol–water partition coefficient (Wildman–Crippen LogP) is 0.147. The molecule has 0 amide bonds. The molecule has 0 saturated heterocycles. The van der Waals surface area contributed by atoms with Crippen LogP contribution in [0.25, 0.3) is 0 Å². The van der Waals surface area contributed by atoms with Crippen molar-refractivity contribution in [2.45, 2.75) is 52.0 Å². The van der Waals surface area contributed by atoms with Crippen LogP contribution in [0.4, 0.5) is 0 Å². The van der Waals surface area contributed by atoms with Gasteiger partial charge in [-0.1, -0.05) is 37.8 Å².